The molecule has 0 heterocycles. The van der Waals surface area contributed by atoms with Gasteiger partial charge < -0.3 is 0 Å². The van der Waals surface area contributed by atoms with Crippen molar-refractivity contribution in [2.75, 3.05) is 0 Å². The number of hydrogen-bond acceptors (Lipinski definition) is 0. The van der Waals surface area contributed by atoms with E-state index in [1.54, 1.807) is 0 Å². The molecule has 76 valence electrons. The van der Waals surface area contributed by atoms with E-state index < -0.39 is 13.3 Å². The van der Waals surface area contributed by atoms with Crippen LogP contribution in [0.1, 0.15) is 40.0 Å². The summed E-state index contributed by atoms with van der Waals surface area (Å²) >= 11 is -1.43. The predicted molar refractivity (Wildman–Crippen MR) is 63.9 cm³/mol. The van der Waals surface area contributed by atoms with Crippen molar-refractivity contribution in [2.24, 2.45) is 0 Å². The molecule has 0 amide bonds. The molecule has 0 aromatic heterocycles. The molecular weight excluding hydrogens is 217 g/mol. The molecule has 1 unspecified atom stereocenters. The summed E-state index contributed by atoms with van der Waals surface area (Å²) in [6.45, 7) is 7.32. The molecule has 0 fully saturated rings. The predicted octanol–water partition coefficient (Wildman–Crippen LogP) is 4.61. The van der Waals surface area contributed by atoms with Crippen LogP contribution in [0.15, 0.2) is 12.2 Å². The Balaban J connectivity index is 2.72. The van der Waals surface area contributed by atoms with E-state index in [2.05, 4.69) is 32.9 Å². The fourth-order valence-corrected chi connectivity index (χ4v) is 12.2. The number of rotatable bonds is 4. The number of hydrogen-bond donors (Lipinski definition) is 0. The van der Waals surface area contributed by atoms with E-state index in [1.807, 2.05) is 0 Å². The van der Waals surface area contributed by atoms with Gasteiger partial charge in [-0.3, -0.25) is 0 Å². The monoisotopic (exact) mass is 242 g/mol. The van der Waals surface area contributed by atoms with Crippen LogP contribution in [0, 0.1) is 0 Å². The Morgan fingerprint density at radius 1 is 1.15 bits per heavy atom. The summed E-state index contributed by atoms with van der Waals surface area (Å²) in [7, 11) is 0. The molecule has 0 aromatic carbocycles. The van der Waals surface area contributed by atoms with Gasteiger partial charge in [0, 0.05) is 0 Å². The van der Waals surface area contributed by atoms with Gasteiger partial charge >= 0.3 is 86.0 Å². The normalized spacial score (nSPS) is 23.5. The zero-order chi connectivity index (χ0) is 9.73. The van der Waals surface area contributed by atoms with E-state index in [9.17, 15) is 0 Å². The van der Waals surface area contributed by atoms with Crippen LogP contribution in [-0.4, -0.2) is 13.3 Å². The van der Waals surface area contributed by atoms with E-state index >= 15 is 0 Å². The van der Waals surface area contributed by atoms with Crippen molar-refractivity contribution in [3.8, 4) is 0 Å². The molecule has 1 atom stereocenters. The molecule has 0 spiro atoms. The standard InChI is InChI=1S/C12H24Ge/c1-4-13(5-2,6-3)12-10-8-7-9-11-12/h8,10,12H,4-7,9,11H2,1-3H3. The summed E-state index contributed by atoms with van der Waals surface area (Å²) in [6, 6.07) is 0. The maximum atomic E-state index is 2.57. The zero-order valence-corrected chi connectivity index (χ0v) is 11.6. The fourth-order valence-electron chi connectivity index (χ4n) is 2.86. The van der Waals surface area contributed by atoms with Gasteiger partial charge in [-0.2, -0.15) is 0 Å². The van der Waals surface area contributed by atoms with Gasteiger partial charge in [0.2, 0.25) is 0 Å². The third kappa shape index (κ3) is 2.40. The van der Waals surface area contributed by atoms with E-state index in [4.69, 9.17) is 0 Å². The second-order valence-corrected chi connectivity index (χ2v) is 16.1. The average Bonchev–Trinajstić information content (AvgIpc) is 2.23. The second-order valence-electron chi connectivity index (χ2n) is 4.39. The van der Waals surface area contributed by atoms with Crippen molar-refractivity contribution in [1.29, 1.82) is 0 Å². The van der Waals surface area contributed by atoms with Gasteiger partial charge in [0.15, 0.2) is 0 Å². The number of allylic oxidation sites excluding steroid dienone is 2. The van der Waals surface area contributed by atoms with Gasteiger partial charge in [0.25, 0.3) is 0 Å². The van der Waals surface area contributed by atoms with Gasteiger partial charge in [-0.1, -0.05) is 0 Å². The van der Waals surface area contributed by atoms with Crippen LogP contribution < -0.4 is 0 Å². The Kier molecular flexibility index (Phi) is 4.57. The van der Waals surface area contributed by atoms with Crippen LogP contribution in [0.2, 0.25) is 20.5 Å². The summed E-state index contributed by atoms with van der Waals surface area (Å²) in [5, 5.41) is 4.59. The van der Waals surface area contributed by atoms with E-state index in [0.717, 1.165) is 4.75 Å². The molecule has 0 aliphatic heterocycles. The Morgan fingerprint density at radius 3 is 2.15 bits per heavy atom. The molecule has 1 heteroatoms. The van der Waals surface area contributed by atoms with Gasteiger partial charge in [-0.15, -0.1) is 0 Å². The topological polar surface area (TPSA) is 0 Å². The Bertz CT molecular complexity index is 160. The Labute approximate surface area is 86.2 Å². The first-order valence-corrected chi connectivity index (χ1v) is 11.6. The second kappa shape index (κ2) is 5.23. The van der Waals surface area contributed by atoms with Crippen molar-refractivity contribution in [2.45, 2.75) is 60.5 Å². The van der Waals surface area contributed by atoms with Gasteiger partial charge in [-0.25, -0.2) is 0 Å². The van der Waals surface area contributed by atoms with Crippen LogP contribution in [0.3, 0.4) is 0 Å². The van der Waals surface area contributed by atoms with Crippen molar-refractivity contribution >= 4 is 13.3 Å². The molecule has 0 radical (unpaired) electrons. The van der Waals surface area contributed by atoms with Crippen LogP contribution in [0.5, 0.6) is 0 Å². The van der Waals surface area contributed by atoms with Crippen LogP contribution >= 0.6 is 0 Å². The summed E-state index contributed by atoms with van der Waals surface area (Å²) in [5.41, 5.74) is 0. The van der Waals surface area contributed by atoms with Gasteiger partial charge in [0.05, 0.1) is 0 Å². The first kappa shape index (κ1) is 11.4. The molecule has 0 N–H and O–H groups in total. The molecule has 1 aliphatic carbocycles. The molecule has 1 rings (SSSR count). The van der Waals surface area contributed by atoms with E-state index in [1.165, 1.54) is 35.0 Å². The summed E-state index contributed by atoms with van der Waals surface area (Å²) in [6.07, 6.45) is 9.31. The molecule has 0 saturated carbocycles. The van der Waals surface area contributed by atoms with E-state index in [0.29, 0.717) is 0 Å². The van der Waals surface area contributed by atoms with E-state index in [-0.39, 0.29) is 0 Å². The molecule has 0 nitrogen and oxygen atoms in total. The van der Waals surface area contributed by atoms with Gasteiger partial charge in [-0.05, 0) is 0 Å². The maximum absolute atomic E-state index is 2.57. The SMILES string of the molecule is C[CH2][Ge]([CH2]C)([CH2]C)[CH]1C=CCCC1. The molecular formula is C12H24Ge. The molecule has 13 heavy (non-hydrogen) atoms. The minimum atomic E-state index is -1.43. The summed E-state index contributed by atoms with van der Waals surface area (Å²) in [5.74, 6) is 0. The van der Waals surface area contributed by atoms with Crippen LogP contribution in [0.25, 0.3) is 0 Å². The molecule has 1 aliphatic rings. The molecule has 0 aromatic rings. The first-order valence-electron chi connectivity index (χ1n) is 5.95. The van der Waals surface area contributed by atoms with Crippen molar-refractivity contribution < 1.29 is 0 Å². The van der Waals surface area contributed by atoms with Crippen molar-refractivity contribution in [3.63, 3.8) is 0 Å². The third-order valence-electron chi connectivity index (χ3n) is 4.15. The average molecular weight is 241 g/mol. The Hall–Kier alpha value is 0.283. The minimum absolute atomic E-state index is 1.05. The Morgan fingerprint density at radius 2 is 1.77 bits per heavy atom. The van der Waals surface area contributed by atoms with Crippen molar-refractivity contribution in [1.82, 2.24) is 0 Å². The van der Waals surface area contributed by atoms with Gasteiger partial charge in [0.1, 0.15) is 0 Å². The first-order chi connectivity index (χ1) is 6.29. The third-order valence-corrected chi connectivity index (χ3v) is 17.3. The summed E-state index contributed by atoms with van der Waals surface area (Å²) in [4.78, 5) is 0. The molecule has 0 saturated heterocycles. The van der Waals surface area contributed by atoms with Crippen LogP contribution in [-0.2, 0) is 0 Å². The molecule has 0 bridgehead atoms. The summed E-state index contributed by atoms with van der Waals surface area (Å²) < 4.78 is 1.05. The van der Waals surface area contributed by atoms with Crippen LogP contribution in [0.4, 0.5) is 0 Å². The zero-order valence-electron chi connectivity index (χ0n) is 9.47. The quantitative estimate of drug-likeness (QED) is 0.498. The fraction of sp³-hybridized carbons (Fsp3) is 0.833. The van der Waals surface area contributed by atoms with Crippen molar-refractivity contribution in [3.05, 3.63) is 12.2 Å².